The first-order valence-corrected chi connectivity index (χ1v) is 15.3. The molecule has 2 aromatic rings. The van der Waals surface area contributed by atoms with Gasteiger partial charge in [0.25, 0.3) is 0 Å². The number of benzene rings is 2. The van der Waals surface area contributed by atoms with Crippen LogP contribution in [0.1, 0.15) is 65.5 Å². The Morgan fingerprint density at radius 1 is 1.07 bits per heavy atom. The van der Waals surface area contributed by atoms with Gasteiger partial charge in [0.05, 0.1) is 6.61 Å². The van der Waals surface area contributed by atoms with E-state index in [0.717, 1.165) is 40.7 Å². The van der Waals surface area contributed by atoms with Gasteiger partial charge < -0.3 is 18.9 Å². The molecule has 42 heavy (non-hydrogen) atoms. The number of fused-ring (bicyclic) bond motifs is 4. The number of hydrogen-bond acceptors (Lipinski definition) is 8. The van der Waals surface area contributed by atoms with Crippen molar-refractivity contribution in [1.29, 1.82) is 0 Å². The quantitative estimate of drug-likeness (QED) is 0.225. The van der Waals surface area contributed by atoms with Crippen LogP contribution >= 0.6 is 15.9 Å². The number of esters is 1. The highest BCUT2D eigenvalue weighted by Crippen LogP contribution is 2.42. The van der Waals surface area contributed by atoms with E-state index < -0.39 is 30.3 Å². The first kappa shape index (κ1) is 30.2. The number of carbonyl (C=O) groups excluding carboxylic acids is 4. The first-order chi connectivity index (χ1) is 20.0. The first-order valence-electron chi connectivity index (χ1n) is 14.2. The van der Waals surface area contributed by atoms with Crippen LogP contribution in [-0.2, 0) is 32.0 Å². The number of nitrogens with zero attached hydrogens (tertiary/aromatic N) is 1. The summed E-state index contributed by atoms with van der Waals surface area (Å²) >= 11 is 3.45. The Morgan fingerprint density at radius 3 is 2.57 bits per heavy atom. The standard InChI is InChI=1S/C32H36BrNO8/c1-32(2,3)42-31(38)34-14-18(15-39-4)9-26(34)30(37)41-17-27(35)20-7-8-23-22(10-20)16-40-28-12-24-19(11-25(23)28)5-6-21(13-33)29(24)36/h7-8,10-12,18,21,26H,5-6,9,13-17H2,1-4H3/t18-,21?,26?/m0/s1. The van der Waals surface area contributed by atoms with Crippen LogP contribution in [0.5, 0.6) is 5.75 Å². The van der Waals surface area contributed by atoms with Crippen molar-refractivity contribution in [2.45, 2.75) is 58.3 Å². The highest BCUT2D eigenvalue weighted by Gasteiger charge is 2.42. The fraction of sp³-hybridized carbons (Fsp3) is 0.500. The van der Waals surface area contributed by atoms with Gasteiger partial charge in [0.1, 0.15) is 24.0 Å². The van der Waals surface area contributed by atoms with Crippen molar-refractivity contribution in [3.05, 3.63) is 52.6 Å². The van der Waals surface area contributed by atoms with E-state index in [0.29, 0.717) is 36.2 Å². The third-order valence-corrected chi connectivity index (χ3v) is 8.71. The second-order valence-corrected chi connectivity index (χ2v) is 12.8. The SMILES string of the molecule is COC[C@H]1CC(C(=O)OCC(=O)c2ccc3c(c2)COc2cc4c(cc2-3)CCC(CBr)C4=O)N(C(=O)OC(C)(C)C)C1. The summed E-state index contributed by atoms with van der Waals surface area (Å²) in [6.07, 6.45) is 1.39. The summed E-state index contributed by atoms with van der Waals surface area (Å²) < 4.78 is 22.2. The molecule has 0 saturated carbocycles. The number of ketones is 2. The molecule has 2 heterocycles. The van der Waals surface area contributed by atoms with Crippen LogP contribution in [0.25, 0.3) is 11.1 Å². The molecule has 2 aliphatic heterocycles. The zero-order chi connectivity index (χ0) is 30.2. The van der Waals surface area contributed by atoms with Crippen LogP contribution in [0.15, 0.2) is 30.3 Å². The van der Waals surface area contributed by atoms with E-state index >= 15 is 0 Å². The zero-order valence-electron chi connectivity index (χ0n) is 24.4. The molecule has 0 N–H and O–H groups in total. The van der Waals surface area contributed by atoms with Crippen molar-refractivity contribution in [3.63, 3.8) is 0 Å². The topological polar surface area (TPSA) is 108 Å². The lowest BCUT2D eigenvalue weighted by Gasteiger charge is -2.27. The van der Waals surface area contributed by atoms with E-state index in [1.54, 1.807) is 40.0 Å². The minimum atomic E-state index is -0.858. The third kappa shape index (κ3) is 6.24. The van der Waals surface area contributed by atoms with E-state index in [-0.39, 0.29) is 30.0 Å². The summed E-state index contributed by atoms with van der Waals surface area (Å²) in [5.41, 5.74) is 4.11. The molecule has 10 heteroatoms. The molecule has 0 radical (unpaired) electrons. The maximum Gasteiger partial charge on any atom is 0.411 e. The summed E-state index contributed by atoms with van der Waals surface area (Å²) in [5, 5.41) is 0.648. The maximum atomic E-state index is 13.1. The molecule has 1 saturated heterocycles. The van der Waals surface area contributed by atoms with Gasteiger partial charge in [-0.15, -0.1) is 0 Å². The van der Waals surface area contributed by atoms with Crippen LogP contribution in [-0.4, -0.2) is 72.4 Å². The predicted molar refractivity (Wildman–Crippen MR) is 158 cm³/mol. The molecule has 224 valence electrons. The highest BCUT2D eigenvalue weighted by atomic mass is 79.9. The predicted octanol–water partition coefficient (Wildman–Crippen LogP) is 5.38. The molecule has 1 fully saturated rings. The van der Waals surface area contributed by atoms with Crippen molar-refractivity contribution in [3.8, 4) is 16.9 Å². The van der Waals surface area contributed by atoms with Crippen molar-refractivity contribution in [2.24, 2.45) is 11.8 Å². The fourth-order valence-corrected chi connectivity index (χ4v) is 6.48. The summed E-state index contributed by atoms with van der Waals surface area (Å²) in [7, 11) is 1.57. The second-order valence-electron chi connectivity index (χ2n) is 12.2. The number of ether oxygens (including phenoxy) is 4. The molecule has 3 aliphatic rings. The molecule has 1 amide bonds. The largest absolute Gasteiger partial charge is 0.488 e. The number of hydrogen-bond donors (Lipinski definition) is 0. The van der Waals surface area contributed by atoms with Gasteiger partial charge in [0, 0.05) is 47.5 Å². The van der Waals surface area contributed by atoms with E-state index in [9.17, 15) is 19.2 Å². The van der Waals surface area contributed by atoms with Gasteiger partial charge in [-0.3, -0.25) is 14.5 Å². The van der Waals surface area contributed by atoms with Crippen molar-refractivity contribution in [2.75, 3.05) is 32.2 Å². The number of amides is 1. The Bertz CT molecular complexity index is 1410. The average Bonchev–Trinajstić information content (AvgIpc) is 3.38. The minimum Gasteiger partial charge on any atom is -0.488 e. The molecular weight excluding hydrogens is 606 g/mol. The molecule has 5 rings (SSSR count). The number of rotatable bonds is 7. The van der Waals surface area contributed by atoms with Crippen molar-refractivity contribution >= 4 is 39.6 Å². The van der Waals surface area contributed by atoms with Gasteiger partial charge in [0.15, 0.2) is 18.2 Å². The van der Waals surface area contributed by atoms with Crippen LogP contribution in [0.3, 0.4) is 0 Å². The number of carbonyl (C=O) groups is 4. The molecule has 9 nitrogen and oxygen atoms in total. The van der Waals surface area contributed by atoms with Crippen LogP contribution in [0, 0.1) is 11.8 Å². The number of halogens is 1. The Kier molecular flexibility index (Phi) is 8.76. The maximum absolute atomic E-state index is 13.1. The lowest BCUT2D eigenvalue weighted by molar-refractivity contribution is -0.147. The number of methoxy groups -OCH3 is 1. The highest BCUT2D eigenvalue weighted by molar-refractivity contribution is 9.09. The van der Waals surface area contributed by atoms with Gasteiger partial charge >= 0.3 is 12.1 Å². The van der Waals surface area contributed by atoms with E-state index in [2.05, 4.69) is 15.9 Å². The number of Topliss-reactive ketones (excluding diaryl/α,β-unsaturated/α-hetero) is 2. The zero-order valence-corrected chi connectivity index (χ0v) is 26.0. The molecule has 2 unspecified atom stereocenters. The Balaban J connectivity index is 1.27. The molecule has 3 atom stereocenters. The summed E-state index contributed by atoms with van der Waals surface area (Å²) in [4.78, 5) is 53.1. The van der Waals surface area contributed by atoms with Crippen molar-refractivity contribution < 1.29 is 38.1 Å². The average molecular weight is 643 g/mol. The lowest BCUT2D eigenvalue weighted by atomic mass is 9.81. The summed E-state index contributed by atoms with van der Waals surface area (Å²) in [5.74, 6) is -0.269. The fourth-order valence-electron chi connectivity index (χ4n) is 5.86. The van der Waals surface area contributed by atoms with E-state index in [1.165, 1.54) is 4.90 Å². The van der Waals surface area contributed by atoms with Gasteiger partial charge in [0.2, 0.25) is 0 Å². The molecule has 2 aromatic carbocycles. The molecule has 0 spiro atoms. The number of likely N-dealkylation sites (tertiary alicyclic amines) is 1. The monoisotopic (exact) mass is 641 g/mol. The summed E-state index contributed by atoms with van der Waals surface area (Å²) in [6.45, 7) is 5.78. The summed E-state index contributed by atoms with van der Waals surface area (Å²) in [6, 6.07) is 8.38. The Morgan fingerprint density at radius 2 is 1.86 bits per heavy atom. The Hall–Kier alpha value is -3.24. The van der Waals surface area contributed by atoms with Gasteiger partial charge in [-0.1, -0.05) is 28.1 Å². The number of aryl methyl sites for hydroxylation is 1. The van der Waals surface area contributed by atoms with Crippen LogP contribution in [0.2, 0.25) is 0 Å². The van der Waals surface area contributed by atoms with Gasteiger partial charge in [-0.25, -0.2) is 9.59 Å². The number of alkyl halides is 1. The van der Waals surface area contributed by atoms with Gasteiger partial charge in [-0.2, -0.15) is 0 Å². The third-order valence-electron chi connectivity index (χ3n) is 7.93. The normalized spacial score (nSPS) is 21.1. The second kappa shape index (κ2) is 12.2. The van der Waals surface area contributed by atoms with E-state index in [1.807, 2.05) is 18.2 Å². The molecule has 0 aromatic heterocycles. The molecular formula is C32H36BrNO8. The van der Waals surface area contributed by atoms with Gasteiger partial charge in [-0.05, 0) is 74.9 Å². The lowest BCUT2D eigenvalue weighted by Crippen LogP contribution is -2.44. The molecule has 0 bridgehead atoms. The van der Waals surface area contributed by atoms with E-state index in [4.69, 9.17) is 18.9 Å². The Labute approximate surface area is 253 Å². The van der Waals surface area contributed by atoms with Crippen LogP contribution in [0.4, 0.5) is 4.79 Å². The van der Waals surface area contributed by atoms with Crippen molar-refractivity contribution in [1.82, 2.24) is 4.90 Å². The van der Waals surface area contributed by atoms with Crippen LogP contribution < -0.4 is 4.74 Å². The molecule has 1 aliphatic carbocycles. The smallest absolute Gasteiger partial charge is 0.411 e. The minimum absolute atomic E-state index is 0.0186.